The summed E-state index contributed by atoms with van der Waals surface area (Å²) in [6.45, 7) is 3.26. The second-order valence-corrected chi connectivity index (χ2v) is 6.35. The predicted molar refractivity (Wildman–Crippen MR) is 94.2 cm³/mol. The molecule has 116 valence electrons. The van der Waals surface area contributed by atoms with Crippen molar-refractivity contribution < 1.29 is 0 Å². The lowest BCUT2D eigenvalue weighted by Crippen LogP contribution is -2.38. The molecular formula is C18H22ClN3. The van der Waals surface area contributed by atoms with E-state index in [0.717, 1.165) is 43.9 Å². The highest BCUT2D eigenvalue weighted by atomic mass is 35.5. The molecule has 0 aliphatic carbocycles. The van der Waals surface area contributed by atoms with Gasteiger partial charge in [0.05, 0.1) is 11.4 Å². The maximum Gasteiger partial charge on any atom is 0.0577 e. The van der Waals surface area contributed by atoms with Crippen LogP contribution in [0.2, 0.25) is 5.02 Å². The number of nitrogen functional groups attached to an aromatic ring is 1. The molecule has 22 heavy (non-hydrogen) atoms. The van der Waals surface area contributed by atoms with Crippen molar-refractivity contribution in [2.75, 3.05) is 24.1 Å². The van der Waals surface area contributed by atoms with E-state index in [1.54, 1.807) is 6.07 Å². The van der Waals surface area contributed by atoms with Crippen LogP contribution < -0.4 is 11.1 Å². The van der Waals surface area contributed by atoms with E-state index in [0.29, 0.717) is 11.1 Å². The van der Waals surface area contributed by atoms with Crippen LogP contribution in [0.1, 0.15) is 18.4 Å². The van der Waals surface area contributed by atoms with Crippen molar-refractivity contribution in [3.63, 3.8) is 0 Å². The number of benzene rings is 2. The molecule has 1 fully saturated rings. The van der Waals surface area contributed by atoms with Crippen molar-refractivity contribution in [1.29, 1.82) is 0 Å². The van der Waals surface area contributed by atoms with Gasteiger partial charge in [-0.25, -0.2) is 0 Å². The molecule has 0 amide bonds. The van der Waals surface area contributed by atoms with E-state index in [4.69, 9.17) is 17.3 Å². The van der Waals surface area contributed by atoms with Crippen molar-refractivity contribution in [2.24, 2.45) is 0 Å². The first kappa shape index (κ1) is 15.2. The van der Waals surface area contributed by atoms with E-state index >= 15 is 0 Å². The standard InChI is InChI=1S/C18H22ClN3/c19-15-6-7-18(17(20)12-15)21-16-8-10-22(11-9-16)13-14-4-2-1-3-5-14/h1-7,12,16,21H,8-11,13,20H2. The molecule has 0 unspecified atom stereocenters. The Kier molecular flexibility index (Phi) is 4.86. The second kappa shape index (κ2) is 7.03. The first-order chi connectivity index (χ1) is 10.7. The van der Waals surface area contributed by atoms with E-state index in [-0.39, 0.29) is 0 Å². The molecule has 1 saturated heterocycles. The quantitative estimate of drug-likeness (QED) is 0.838. The zero-order valence-corrected chi connectivity index (χ0v) is 13.4. The molecule has 4 heteroatoms. The molecule has 0 aromatic heterocycles. The SMILES string of the molecule is Nc1cc(Cl)ccc1NC1CCN(Cc2ccccc2)CC1. The van der Waals surface area contributed by atoms with Crippen LogP contribution in [0.3, 0.4) is 0 Å². The minimum Gasteiger partial charge on any atom is -0.397 e. The number of hydrogen-bond donors (Lipinski definition) is 2. The van der Waals surface area contributed by atoms with Crippen LogP contribution in [-0.4, -0.2) is 24.0 Å². The summed E-state index contributed by atoms with van der Waals surface area (Å²) in [5.74, 6) is 0. The molecule has 1 heterocycles. The highest BCUT2D eigenvalue weighted by molar-refractivity contribution is 6.31. The Morgan fingerprint density at radius 2 is 1.82 bits per heavy atom. The van der Waals surface area contributed by atoms with Crippen molar-refractivity contribution in [2.45, 2.75) is 25.4 Å². The van der Waals surface area contributed by atoms with Crippen LogP contribution in [0.5, 0.6) is 0 Å². The van der Waals surface area contributed by atoms with E-state index in [9.17, 15) is 0 Å². The molecule has 3 nitrogen and oxygen atoms in total. The molecule has 0 atom stereocenters. The van der Waals surface area contributed by atoms with Gasteiger partial charge < -0.3 is 11.1 Å². The molecule has 0 bridgehead atoms. The molecule has 0 spiro atoms. The van der Waals surface area contributed by atoms with Crippen LogP contribution >= 0.6 is 11.6 Å². The first-order valence-electron chi connectivity index (χ1n) is 7.78. The lowest BCUT2D eigenvalue weighted by molar-refractivity contribution is 0.211. The largest absolute Gasteiger partial charge is 0.397 e. The molecule has 0 radical (unpaired) electrons. The Morgan fingerprint density at radius 3 is 2.50 bits per heavy atom. The van der Waals surface area contributed by atoms with E-state index in [2.05, 4.69) is 40.5 Å². The van der Waals surface area contributed by atoms with E-state index < -0.39 is 0 Å². The number of nitrogens with one attached hydrogen (secondary N) is 1. The van der Waals surface area contributed by atoms with Crippen LogP contribution in [0, 0.1) is 0 Å². The van der Waals surface area contributed by atoms with Gasteiger partial charge in [0.25, 0.3) is 0 Å². The number of nitrogens with zero attached hydrogens (tertiary/aromatic N) is 1. The fourth-order valence-electron chi connectivity index (χ4n) is 2.96. The van der Waals surface area contributed by atoms with Crippen molar-refractivity contribution in [3.05, 3.63) is 59.1 Å². The van der Waals surface area contributed by atoms with Crippen LogP contribution in [0.25, 0.3) is 0 Å². The number of piperidine rings is 1. The average molecular weight is 316 g/mol. The Balaban J connectivity index is 1.51. The van der Waals surface area contributed by atoms with Gasteiger partial charge in [0.2, 0.25) is 0 Å². The Labute approximate surface area is 137 Å². The minimum absolute atomic E-state index is 0.482. The number of halogens is 1. The maximum absolute atomic E-state index is 6.01. The first-order valence-corrected chi connectivity index (χ1v) is 8.16. The van der Waals surface area contributed by atoms with Gasteiger partial charge in [-0.3, -0.25) is 4.90 Å². The topological polar surface area (TPSA) is 41.3 Å². The van der Waals surface area contributed by atoms with Gasteiger partial charge >= 0.3 is 0 Å². The summed E-state index contributed by atoms with van der Waals surface area (Å²) in [4.78, 5) is 2.51. The molecule has 3 N–H and O–H groups in total. The Morgan fingerprint density at radius 1 is 1.09 bits per heavy atom. The molecule has 0 saturated carbocycles. The zero-order valence-electron chi connectivity index (χ0n) is 12.6. The molecule has 2 aromatic rings. The van der Waals surface area contributed by atoms with Crippen LogP contribution in [0.15, 0.2) is 48.5 Å². The number of rotatable bonds is 4. The third-order valence-electron chi connectivity index (χ3n) is 4.21. The molecule has 2 aromatic carbocycles. The molecule has 1 aliphatic heterocycles. The Bertz CT molecular complexity index is 607. The maximum atomic E-state index is 6.01. The van der Waals surface area contributed by atoms with E-state index in [1.807, 2.05) is 12.1 Å². The highest BCUT2D eigenvalue weighted by Gasteiger charge is 2.19. The minimum atomic E-state index is 0.482. The van der Waals surface area contributed by atoms with Gasteiger partial charge in [0, 0.05) is 30.7 Å². The zero-order chi connectivity index (χ0) is 15.4. The Hall–Kier alpha value is -1.71. The molecular weight excluding hydrogens is 294 g/mol. The fourth-order valence-corrected chi connectivity index (χ4v) is 3.14. The third kappa shape index (κ3) is 3.93. The molecule has 1 aliphatic rings. The monoisotopic (exact) mass is 315 g/mol. The van der Waals surface area contributed by atoms with Crippen molar-refractivity contribution >= 4 is 23.0 Å². The summed E-state index contributed by atoms with van der Waals surface area (Å²) in [5, 5.41) is 4.23. The predicted octanol–water partition coefficient (Wildman–Crippen LogP) is 4.00. The van der Waals surface area contributed by atoms with Gasteiger partial charge in [-0.05, 0) is 36.6 Å². The summed E-state index contributed by atoms with van der Waals surface area (Å²) >= 11 is 5.94. The summed E-state index contributed by atoms with van der Waals surface area (Å²) in [7, 11) is 0. The fraction of sp³-hybridized carbons (Fsp3) is 0.333. The van der Waals surface area contributed by atoms with Gasteiger partial charge in [0.1, 0.15) is 0 Å². The summed E-state index contributed by atoms with van der Waals surface area (Å²) in [6, 6.07) is 16.8. The number of anilines is 2. The third-order valence-corrected chi connectivity index (χ3v) is 4.44. The van der Waals surface area contributed by atoms with Gasteiger partial charge in [-0.15, -0.1) is 0 Å². The smallest absolute Gasteiger partial charge is 0.0577 e. The van der Waals surface area contributed by atoms with Crippen LogP contribution in [-0.2, 0) is 6.54 Å². The van der Waals surface area contributed by atoms with Gasteiger partial charge in [-0.1, -0.05) is 41.9 Å². The van der Waals surface area contributed by atoms with Crippen molar-refractivity contribution in [1.82, 2.24) is 4.90 Å². The van der Waals surface area contributed by atoms with Crippen LogP contribution in [0.4, 0.5) is 11.4 Å². The normalized spacial score (nSPS) is 16.6. The molecule has 3 rings (SSSR count). The number of nitrogens with two attached hydrogens (primary N) is 1. The van der Waals surface area contributed by atoms with E-state index in [1.165, 1.54) is 5.56 Å². The van der Waals surface area contributed by atoms with Crippen molar-refractivity contribution in [3.8, 4) is 0 Å². The summed E-state index contributed by atoms with van der Waals surface area (Å²) in [6.07, 6.45) is 2.27. The lowest BCUT2D eigenvalue weighted by Gasteiger charge is -2.33. The second-order valence-electron chi connectivity index (χ2n) is 5.91. The summed E-state index contributed by atoms with van der Waals surface area (Å²) < 4.78 is 0. The highest BCUT2D eigenvalue weighted by Crippen LogP contribution is 2.25. The average Bonchev–Trinajstić information content (AvgIpc) is 2.53. The van der Waals surface area contributed by atoms with Gasteiger partial charge in [0.15, 0.2) is 0 Å². The number of likely N-dealkylation sites (tertiary alicyclic amines) is 1. The van der Waals surface area contributed by atoms with Gasteiger partial charge in [-0.2, -0.15) is 0 Å². The number of hydrogen-bond acceptors (Lipinski definition) is 3. The summed E-state index contributed by atoms with van der Waals surface area (Å²) in [5.41, 5.74) is 9.11. The lowest BCUT2D eigenvalue weighted by atomic mass is 10.0.